The molecule has 0 aromatic heterocycles. The number of aliphatic hydroxyl groups excluding tert-OH is 1. The topological polar surface area (TPSA) is 95.9 Å². The summed E-state index contributed by atoms with van der Waals surface area (Å²) in [6.45, 7) is 2.63. The number of ether oxygens (including phenoxy) is 1. The predicted molar refractivity (Wildman–Crippen MR) is 49.8 cm³/mol. The number of hydrogen-bond acceptors (Lipinski definition) is 5. The van der Waals surface area contributed by atoms with Gasteiger partial charge in [0.15, 0.2) is 5.54 Å². The Balaban J connectivity index is 3.22. The highest BCUT2D eigenvalue weighted by Crippen LogP contribution is 2.35. The average Bonchev–Trinajstić information content (AvgIpc) is 2.34. The first kappa shape index (κ1) is 11.9. The summed E-state index contributed by atoms with van der Waals surface area (Å²) < 4.78 is 4.51. The van der Waals surface area contributed by atoms with Crippen molar-refractivity contribution in [1.29, 1.82) is 0 Å². The van der Waals surface area contributed by atoms with Crippen LogP contribution in [-0.2, 0) is 14.3 Å². The minimum absolute atomic E-state index is 0.243. The maximum atomic E-state index is 11.6. The van der Waals surface area contributed by atoms with Crippen LogP contribution in [0.4, 0.5) is 0 Å². The lowest BCUT2D eigenvalue weighted by atomic mass is 9.78. The molecule has 6 heteroatoms. The van der Waals surface area contributed by atoms with Gasteiger partial charge in [-0.25, -0.2) is 4.79 Å². The van der Waals surface area contributed by atoms with Crippen LogP contribution >= 0.6 is 0 Å². The number of methoxy groups -OCH3 is 1. The van der Waals surface area contributed by atoms with E-state index >= 15 is 0 Å². The number of aliphatic hydroxyl groups is 2. The molecule has 1 heterocycles. The molecule has 0 spiro atoms. The number of amides is 1. The van der Waals surface area contributed by atoms with E-state index in [0.717, 1.165) is 7.11 Å². The lowest BCUT2D eigenvalue weighted by molar-refractivity contribution is -0.166. The number of rotatable bonds is 2. The third-order valence-electron chi connectivity index (χ3n) is 2.82. The highest BCUT2D eigenvalue weighted by Gasteiger charge is 2.63. The van der Waals surface area contributed by atoms with Crippen molar-refractivity contribution in [2.45, 2.75) is 37.5 Å². The molecule has 0 unspecified atom stereocenters. The first-order valence-electron chi connectivity index (χ1n) is 4.58. The number of nitrogens with one attached hydrogen (secondary N) is 1. The van der Waals surface area contributed by atoms with Crippen LogP contribution in [0, 0.1) is 0 Å². The van der Waals surface area contributed by atoms with Gasteiger partial charge in [0.2, 0.25) is 5.91 Å². The van der Waals surface area contributed by atoms with Gasteiger partial charge >= 0.3 is 5.97 Å². The smallest absolute Gasteiger partial charge is 0.337 e. The molecule has 0 radical (unpaired) electrons. The summed E-state index contributed by atoms with van der Waals surface area (Å²) in [4.78, 5) is 22.8. The van der Waals surface area contributed by atoms with Crippen LogP contribution < -0.4 is 5.32 Å². The normalized spacial score (nSPS) is 37.3. The van der Waals surface area contributed by atoms with Crippen molar-refractivity contribution in [3.8, 4) is 0 Å². The van der Waals surface area contributed by atoms with Gasteiger partial charge in [0.05, 0.1) is 19.6 Å². The van der Waals surface area contributed by atoms with Crippen molar-refractivity contribution in [2.75, 3.05) is 7.11 Å². The summed E-state index contributed by atoms with van der Waals surface area (Å²) in [5.41, 5.74) is -3.44. The molecule has 1 aliphatic rings. The zero-order chi connectivity index (χ0) is 11.9. The lowest BCUT2D eigenvalue weighted by Crippen LogP contribution is -2.67. The number of carbonyl (C=O) groups excluding carboxylic acids is 2. The zero-order valence-corrected chi connectivity index (χ0v) is 8.90. The molecule has 0 bridgehead atoms. The molecule has 0 aromatic carbocycles. The first-order chi connectivity index (χ1) is 6.78. The highest BCUT2D eigenvalue weighted by atomic mass is 16.5. The fourth-order valence-electron chi connectivity index (χ4n) is 2.01. The number of hydrogen-bond donors (Lipinski definition) is 3. The van der Waals surface area contributed by atoms with Gasteiger partial charge < -0.3 is 20.3 Å². The van der Waals surface area contributed by atoms with E-state index in [-0.39, 0.29) is 6.42 Å². The van der Waals surface area contributed by atoms with Crippen molar-refractivity contribution in [1.82, 2.24) is 5.32 Å². The van der Waals surface area contributed by atoms with Crippen LogP contribution in [0.2, 0.25) is 0 Å². The van der Waals surface area contributed by atoms with Crippen LogP contribution in [0.25, 0.3) is 0 Å². The number of esters is 1. The molecular formula is C9H15NO5. The predicted octanol–water partition coefficient (Wildman–Crippen LogP) is -1.45. The van der Waals surface area contributed by atoms with Gasteiger partial charge in [0.25, 0.3) is 0 Å². The van der Waals surface area contributed by atoms with Gasteiger partial charge in [0.1, 0.15) is 5.60 Å². The molecule has 1 rings (SSSR count). The molecule has 86 valence electrons. The van der Waals surface area contributed by atoms with E-state index in [2.05, 4.69) is 10.1 Å². The molecular weight excluding hydrogens is 202 g/mol. The Labute approximate surface area is 87.2 Å². The van der Waals surface area contributed by atoms with Crippen LogP contribution in [0.3, 0.4) is 0 Å². The second-order valence-electron chi connectivity index (χ2n) is 3.97. The monoisotopic (exact) mass is 217 g/mol. The molecule has 1 aliphatic heterocycles. The molecule has 0 aliphatic carbocycles. The maximum absolute atomic E-state index is 11.6. The highest BCUT2D eigenvalue weighted by molar-refractivity contribution is 5.95. The molecule has 0 saturated carbocycles. The summed E-state index contributed by atoms with van der Waals surface area (Å²) in [5.74, 6) is -1.35. The molecule has 1 saturated heterocycles. The Morgan fingerprint density at radius 2 is 2.20 bits per heavy atom. The van der Waals surface area contributed by atoms with E-state index in [9.17, 15) is 19.8 Å². The molecule has 6 nitrogen and oxygen atoms in total. The SMILES string of the molecule is COC(=O)[C@]1([C@@H](C)O)NC(=O)C[C@]1(C)O. The Morgan fingerprint density at radius 3 is 2.47 bits per heavy atom. The molecule has 3 atom stereocenters. The van der Waals surface area contributed by atoms with Crippen LogP contribution in [0.1, 0.15) is 20.3 Å². The Hall–Kier alpha value is -1.14. The summed E-state index contributed by atoms with van der Waals surface area (Å²) in [6, 6.07) is 0. The summed E-state index contributed by atoms with van der Waals surface area (Å²) in [7, 11) is 1.13. The van der Waals surface area contributed by atoms with Gasteiger partial charge in [-0.05, 0) is 13.8 Å². The Morgan fingerprint density at radius 1 is 1.67 bits per heavy atom. The molecule has 15 heavy (non-hydrogen) atoms. The number of carbonyl (C=O) groups is 2. The van der Waals surface area contributed by atoms with E-state index in [1.54, 1.807) is 0 Å². The lowest BCUT2D eigenvalue weighted by Gasteiger charge is -2.38. The van der Waals surface area contributed by atoms with E-state index < -0.39 is 29.1 Å². The van der Waals surface area contributed by atoms with Gasteiger partial charge in [-0.1, -0.05) is 0 Å². The van der Waals surface area contributed by atoms with Crippen LogP contribution in [0.15, 0.2) is 0 Å². The van der Waals surface area contributed by atoms with E-state index in [1.807, 2.05) is 0 Å². The van der Waals surface area contributed by atoms with E-state index in [4.69, 9.17) is 0 Å². The molecule has 3 N–H and O–H groups in total. The summed E-state index contributed by atoms with van der Waals surface area (Å²) >= 11 is 0. The van der Waals surface area contributed by atoms with Crippen molar-refractivity contribution in [3.63, 3.8) is 0 Å². The minimum atomic E-state index is -1.78. The van der Waals surface area contributed by atoms with Gasteiger partial charge in [-0.15, -0.1) is 0 Å². The van der Waals surface area contributed by atoms with Crippen molar-refractivity contribution >= 4 is 11.9 Å². The third-order valence-corrected chi connectivity index (χ3v) is 2.82. The molecule has 0 aromatic rings. The molecule has 1 fully saturated rings. The van der Waals surface area contributed by atoms with Crippen LogP contribution in [0.5, 0.6) is 0 Å². The van der Waals surface area contributed by atoms with Gasteiger partial charge in [-0.2, -0.15) is 0 Å². The summed E-state index contributed by atoms with van der Waals surface area (Å²) in [6.07, 6.45) is -1.49. The maximum Gasteiger partial charge on any atom is 0.337 e. The average molecular weight is 217 g/mol. The van der Waals surface area contributed by atoms with E-state index in [0.29, 0.717) is 0 Å². The fourth-order valence-corrected chi connectivity index (χ4v) is 2.01. The second kappa shape index (κ2) is 3.46. The summed E-state index contributed by atoms with van der Waals surface area (Å²) in [5, 5.41) is 21.9. The quantitative estimate of drug-likeness (QED) is 0.492. The fraction of sp³-hybridized carbons (Fsp3) is 0.778. The third kappa shape index (κ3) is 1.49. The van der Waals surface area contributed by atoms with Crippen LogP contribution in [-0.4, -0.2) is 46.4 Å². The van der Waals surface area contributed by atoms with Gasteiger partial charge in [0, 0.05) is 0 Å². The largest absolute Gasteiger partial charge is 0.467 e. The van der Waals surface area contributed by atoms with Crippen molar-refractivity contribution in [3.05, 3.63) is 0 Å². The molecule has 1 amide bonds. The van der Waals surface area contributed by atoms with E-state index in [1.165, 1.54) is 13.8 Å². The minimum Gasteiger partial charge on any atom is -0.467 e. The zero-order valence-electron chi connectivity index (χ0n) is 8.90. The van der Waals surface area contributed by atoms with Crippen molar-refractivity contribution < 1.29 is 24.5 Å². The Kier molecular flexibility index (Phi) is 2.75. The standard InChI is InChI=1S/C9H15NO5/c1-5(11)9(7(13)15-3)8(2,14)4-6(12)10-9/h5,11,14H,4H2,1-3H3,(H,10,12)/t5-,8+,9+/m1/s1. The Bertz CT molecular complexity index is 299. The first-order valence-corrected chi connectivity index (χ1v) is 4.58. The van der Waals surface area contributed by atoms with Gasteiger partial charge in [-0.3, -0.25) is 4.79 Å². The second-order valence-corrected chi connectivity index (χ2v) is 3.97. The van der Waals surface area contributed by atoms with Crippen molar-refractivity contribution in [2.24, 2.45) is 0 Å².